The molecule has 0 bridgehead atoms. The lowest BCUT2D eigenvalue weighted by molar-refractivity contribution is 0.397. The van der Waals surface area contributed by atoms with Crippen LogP contribution in [0.5, 0.6) is 5.88 Å². The Morgan fingerprint density at radius 3 is 3.07 bits per heavy atom. The van der Waals surface area contributed by atoms with E-state index in [-0.39, 0.29) is 0 Å². The van der Waals surface area contributed by atoms with Gasteiger partial charge < -0.3 is 10.1 Å². The second kappa shape index (κ2) is 5.96. The van der Waals surface area contributed by atoms with Crippen LogP contribution in [-0.4, -0.2) is 23.6 Å². The fourth-order valence-electron chi connectivity index (χ4n) is 0.998. The maximum atomic E-state index is 4.98. The molecule has 76 valence electrons. The van der Waals surface area contributed by atoms with E-state index in [1.54, 1.807) is 13.2 Å². The first-order valence-electron chi connectivity index (χ1n) is 4.58. The number of ether oxygens (including phenoxy) is 1. The third kappa shape index (κ3) is 3.43. The summed E-state index contributed by atoms with van der Waals surface area (Å²) in [6.45, 7) is 2.87. The van der Waals surface area contributed by atoms with Crippen molar-refractivity contribution < 1.29 is 4.74 Å². The van der Waals surface area contributed by atoms with Gasteiger partial charge in [0.2, 0.25) is 5.88 Å². The largest absolute Gasteiger partial charge is 0.481 e. The molecule has 0 radical (unpaired) electrons. The van der Waals surface area contributed by atoms with Gasteiger partial charge in [-0.25, -0.2) is 9.97 Å². The van der Waals surface area contributed by atoms with Crippen LogP contribution in [-0.2, 0) is 0 Å². The minimum absolute atomic E-state index is 0.577. The van der Waals surface area contributed by atoms with Crippen LogP contribution >= 0.6 is 0 Å². The second-order valence-electron chi connectivity index (χ2n) is 2.73. The van der Waals surface area contributed by atoms with E-state index >= 15 is 0 Å². The van der Waals surface area contributed by atoms with Crippen LogP contribution < -0.4 is 10.1 Å². The predicted octanol–water partition coefficient (Wildman–Crippen LogP) is 1.86. The van der Waals surface area contributed by atoms with Gasteiger partial charge in [0.25, 0.3) is 0 Å². The van der Waals surface area contributed by atoms with Crippen molar-refractivity contribution in [2.24, 2.45) is 0 Å². The van der Waals surface area contributed by atoms with Crippen LogP contribution in [0.2, 0.25) is 0 Å². The Labute approximate surface area is 84.0 Å². The zero-order valence-corrected chi connectivity index (χ0v) is 8.53. The standard InChI is InChI=1S/C10H15N3O/c1-3-4-5-6-11-9-7-10(14-2)13-8-12-9/h3-4,7-8H,5-6H2,1-2H3,(H,11,12,13)/b4-3+. The van der Waals surface area contributed by atoms with Crippen LogP contribution in [0.3, 0.4) is 0 Å². The molecule has 0 spiro atoms. The monoisotopic (exact) mass is 193 g/mol. The summed E-state index contributed by atoms with van der Waals surface area (Å²) in [5, 5.41) is 3.17. The topological polar surface area (TPSA) is 47.0 Å². The minimum atomic E-state index is 0.577. The van der Waals surface area contributed by atoms with Crippen molar-refractivity contribution in [1.82, 2.24) is 9.97 Å². The van der Waals surface area contributed by atoms with E-state index in [0.717, 1.165) is 18.8 Å². The highest BCUT2D eigenvalue weighted by Gasteiger charge is 1.95. The molecule has 4 nitrogen and oxygen atoms in total. The molecule has 1 aromatic heterocycles. The van der Waals surface area contributed by atoms with E-state index in [0.29, 0.717) is 5.88 Å². The zero-order valence-electron chi connectivity index (χ0n) is 8.53. The highest BCUT2D eigenvalue weighted by molar-refractivity contribution is 5.36. The third-order valence-electron chi connectivity index (χ3n) is 1.70. The van der Waals surface area contributed by atoms with E-state index in [9.17, 15) is 0 Å². The Morgan fingerprint density at radius 2 is 2.36 bits per heavy atom. The summed E-state index contributed by atoms with van der Waals surface area (Å²) >= 11 is 0. The van der Waals surface area contributed by atoms with E-state index in [1.807, 2.05) is 13.0 Å². The Balaban J connectivity index is 2.42. The fraction of sp³-hybridized carbons (Fsp3) is 0.400. The van der Waals surface area contributed by atoms with Gasteiger partial charge in [-0.1, -0.05) is 12.2 Å². The highest BCUT2D eigenvalue weighted by atomic mass is 16.5. The minimum Gasteiger partial charge on any atom is -0.481 e. The van der Waals surface area contributed by atoms with Gasteiger partial charge >= 0.3 is 0 Å². The molecular formula is C10H15N3O. The molecule has 1 N–H and O–H groups in total. The molecule has 1 heterocycles. The Kier molecular flexibility index (Phi) is 4.47. The summed E-state index contributed by atoms with van der Waals surface area (Å²) in [5.41, 5.74) is 0. The van der Waals surface area contributed by atoms with Gasteiger partial charge in [-0.3, -0.25) is 0 Å². The summed E-state index contributed by atoms with van der Waals surface area (Å²) < 4.78 is 4.98. The molecule has 0 fully saturated rings. The van der Waals surface area contributed by atoms with Crippen LogP contribution in [0.1, 0.15) is 13.3 Å². The number of rotatable bonds is 5. The molecule has 0 amide bonds. The smallest absolute Gasteiger partial charge is 0.218 e. The number of aromatic nitrogens is 2. The lowest BCUT2D eigenvalue weighted by Crippen LogP contribution is -2.02. The van der Waals surface area contributed by atoms with Crippen molar-refractivity contribution in [1.29, 1.82) is 0 Å². The van der Waals surface area contributed by atoms with Gasteiger partial charge in [0, 0.05) is 12.6 Å². The first kappa shape index (κ1) is 10.5. The highest BCUT2D eigenvalue weighted by Crippen LogP contribution is 2.09. The summed E-state index contributed by atoms with van der Waals surface area (Å²) in [6, 6.07) is 1.77. The molecule has 0 atom stereocenters. The molecule has 0 aliphatic carbocycles. The molecular weight excluding hydrogens is 178 g/mol. The average molecular weight is 193 g/mol. The van der Waals surface area contributed by atoms with Crippen LogP contribution in [0.15, 0.2) is 24.5 Å². The summed E-state index contributed by atoms with van der Waals surface area (Å²) in [5.74, 6) is 1.37. The lowest BCUT2D eigenvalue weighted by Gasteiger charge is -2.04. The number of methoxy groups -OCH3 is 1. The van der Waals surface area contributed by atoms with Crippen molar-refractivity contribution in [3.63, 3.8) is 0 Å². The van der Waals surface area contributed by atoms with Gasteiger partial charge in [0.15, 0.2) is 0 Å². The summed E-state index contributed by atoms with van der Waals surface area (Å²) in [4.78, 5) is 7.97. The van der Waals surface area contributed by atoms with Crippen LogP contribution in [0.4, 0.5) is 5.82 Å². The molecule has 4 heteroatoms. The van der Waals surface area contributed by atoms with Gasteiger partial charge in [-0.2, -0.15) is 0 Å². The number of nitrogens with one attached hydrogen (secondary N) is 1. The quantitative estimate of drug-likeness (QED) is 0.572. The summed E-state index contributed by atoms with van der Waals surface area (Å²) in [7, 11) is 1.59. The molecule has 0 aliphatic heterocycles. The average Bonchev–Trinajstić information content (AvgIpc) is 2.25. The second-order valence-corrected chi connectivity index (χ2v) is 2.73. The van der Waals surface area contributed by atoms with Gasteiger partial charge in [0.1, 0.15) is 12.1 Å². The van der Waals surface area contributed by atoms with Crippen molar-refractivity contribution in [2.75, 3.05) is 19.0 Å². The summed E-state index contributed by atoms with van der Waals surface area (Å²) in [6.07, 6.45) is 6.60. The molecule has 0 unspecified atom stereocenters. The normalized spacial score (nSPS) is 10.4. The molecule has 1 rings (SSSR count). The van der Waals surface area contributed by atoms with Crippen LogP contribution in [0.25, 0.3) is 0 Å². The van der Waals surface area contributed by atoms with Crippen molar-refractivity contribution in [3.05, 3.63) is 24.5 Å². The maximum absolute atomic E-state index is 4.98. The lowest BCUT2D eigenvalue weighted by atomic mass is 10.4. The zero-order chi connectivity index (χ0) is 10.2. The number of hydrogen-bond acceptors (Lipinski definition) is 4. The van der Waals surface area contributed by atoms with Crippen molar-refractivity contribution in [3.8, 4) is 5.88 Å². The molecule has 14 heavy (non-hydrogen) atoms. The maximum Gasteiger partial charge on any atom is 0.218 e. The van der Waals surface area contributed by atoms with Crippen molar-refractivity contribution >= 4 is 5.82 Å². The van der Waals surface area contributed by atoms with E-state index in [4.69, 9.17) is 4.74 Å². The van der Waals surface area contributed by atoms with Gasteiger partial charge in [0.05, 0.1) is 7.11 Å². The van der Waals surface area contributed by atoms with Crippen molar-refractivity contribution in [2.45, 2.75) is 13.3 Å². The third-order valence-corrected chi connectivity index (χ3v) is 1.70. The Hall–Kier alpha value is -1.58. The van der Waals surface area contributed by atoms with Gasteiger partial charge in [-0.15, -0.1) is 0 Å². The first-order valence-corrected chi connectivity index (χ1v) is 4.58. The number of nitrogens with zero attached hydrogens (tertiary/aromatic N) is 2. The predicted molar refractivity (Wildman–Crippen MR) is 56.5 cm³/mol. The molecule has 0 saturated carbocycles. The molecule has 1 aromatic rings. The molecule has 0 aliphatic rings. The number of hydrogen-bond donors (Lipinski definition) is 1. The first-order chi connectivity index (χ1) is 6.86. The fourth-order valence-corrected chi connectivity index (χ4v) is 0.998. The molecule has 0 aromatic carbocycles. The SMILES string of the molecule is C/C=C/CCNc1cc(OC)ncn1. The Bertz CT molecular complexity index is 299. The van der Waals surface area contributed by atoms with Crippen LogP contribution in [0, 0.1) is 0 Å². The van der Waals surface area contributed by atoms with E-state index < -0.39 is 0 Å². The number of anilines is 1. The van der Waals surface area contributed by atoms with E-state index in [1.165, 1.54) is 6.33 Å². The Morgan fingerprint density at radius 1 is 1.50 bits per heavy atom. The van der Waals surface area contributed by atoms with E-state index in [2.05, 4.69) is 21.4 Å². The van der Waals surface area contributed by atoms with Gasteiger partial charge in [-0.05, 0) is 13.3 Å². The molecule has 0 saturated heterocycles. The number of allylic oxidation sites excluding steroid dienone is 1.